The Morgan fingerprint density at radius 3 is 2.69 bits per heavy atom. The number of carbonyl (C=O) groups excluding carboxylic acids is 1. The Morgan fingerprint density at radius 2 is 1.92 bits per heavy atom. The number of H-pyrrole nitrogens is 1. The zero-order valence-electron chi connectivity index (χ0n) is 13.9. The smallest absolute Gasteiger partial charge is 0.323 e. The molecule has 4 rings (SSSR count). The number of aromatic amines is 1. The molecule has 1 aliphatic heterocycles. The average molecular weight is 374 g/mol. The van der Waals surface area contributed by atoms with E-state index in [1.807, 2.05) is 24.3 Å². The highest BCUT2D eigenvalue weighted by molar-refractivity contribution is 6.31. The Morgan fingerprint density at radius 1 is 1.15 bits per heavy atom. The number of benzene rings is 2. The number of amides is 2. The van der Waals surface area contributed by atoms with Gasteiger partial charge in [-0.05, 0) is 30.3 Å². The normalized spacial score (nSPS) is 14.7. The fourth-order valence-corrected chi connectivity index (χ4v) is 3.26. The van der Waals surface area contributed by atoms with Crippen molar-refractivity contribution in [1.82, 2.24) is 15.1 Å². The summed E-state index contributed by atoms with van der Waals surface area (Å²) in [5.41, 5.74) is 1.73. The van der Waals surface area contributed by atoms with E-state index in [-0.39, 0.29) is 11.1 Å². The predicted octanol–water partition coefficient (Wildman–Crippen LogP) is 3.71. The van der Waals surface area contributed by atoms with Gasteiger partial charge in [0, 0.05) is 37.3 Å². The number of para-hydroxylation sites is 1. The van der Waals surface area contributed by atoms with Gasteiger partial charge in [0.05, 0.1) is 10.5 Å². The first kappa shape index (κ1) is 16.7. The van der Waals surface area contributed by atoms with Gasteiger partial charge in [0.1, 0.15) is 5.82 Å². The van der Waals surface area contributed by atoms with Gasteiger partial charge in [-0.3, -0.25) is 10.4 Å². The van der Waals surface area contributed by atoms with E-state index >= 15 is 0 Å². The van der Waals surface area contributed by atoms with E-state index in [1.54, 1.807) is 17.0 Å². The third-order valence-corrected chi connectivity index (χ3v) is 4.82. The molecule has 0 saturated carbocycles. The summed E-state index contributed by atoms with van der Waals surface area (Å²) in [6.07, 6.45) is 0. The van der Waals surface area contributed by atoms with Gasteiger partial charge in [0.25, 0.3) is 0 Å². The number of hydrogen-bond donors (Lipinski definition) is 2. The maximum Gasteiger partial charge on any atom is 0.323 e. The number of anilines is 2. The molecule has 0 atom stereocenters. The van der Waals surface area contributed by atoms with Crippen LogP contribution in [0.15, 0.2) is 42.5 Å². The molecule has 134 valence electrons. The summed E-state index contributed by atoms with van der Waals surface area (Å²) in [4.78, 5) is 16.3. The summed E-state index contributed by atoms with van der Waals surface area (Å²) in [6.45, 7) is 2.42. The molecule has 2 amide bonds. The molecule has 1 aliphatic rings. The largest absolute Gasteiger partial charge is 0.368 e. The fourth-order valence-electron chi connectivity index (χ4n) is 3.09. The minimum absolute atomic E-state index is 0.105. The maximum atomic E-state index is 13.3. The van der Waals surface area contributed by atoms with Crippen molar-refractivity contribution < 1.29 is 9.18 Å². The van der Waals surface area contributed by atoms with Gasteiger partial charge in [0.15, 0.2) is 5.82 Å². The van der Waals surface area contributed by atoms with Gasteiger partial charge in [0.2, 0.25) is 0 Å². The summed E-state index contributed by atoms with van der Waals surface area (Å²) in [7, 11) is 0. The number of halogens is 2. The number of piperazine rings is 1. The van der Waals surface area contributed by atoms with Crippen LogP contribution in [0.25, 0.3) is 10.9 Å². The van der Waals surface area contributed by atoms with Crippen molar-refractivity contribution in [2.24, 2.45) is 0 Å². The first-order valence-electron chi connectivity index (χ1n) is 8.31. The highest BCUT2D eigenvalue weighted by Crippen LogP contribution is 2.24. The number of hydrogen-bond acceptors (Lipinski definition) is 3. The third-order valence-electron chi connectivity index (χ3n) is 4.53. The second kappa shape index (κ2) is 6.84. The Balaban J connectivity index is 1.39. The Labute approximate surface area is 154 Å². The van der Waals surface area contributed by atoms with E-state index in [2.05, 4.69) is 20.4 Å². The second-order valence-corrected chi connectivity index (χ2v) is 6.53. The van der Waals surface area contributed by atoms with Crippen LogP contribution < -0.4 is 10.2 Å². The number of rotatable bonds is 2. The molecule has 0 radical (unpaired) electrons. The van der Waals surface area contributed by atoms with Gasteiger partial charge in [-0.1, -0.05) is 23.7 Å². The Kier molecular flexibility index (Phi) is 4.38. The van der Waals surface area contributed by atoms with Crippen molar-refractivity contribution in [2.75, 3.05) is 36.4 Å². The monoisotopic (exact) mass is 373 g/mol. The van der Waals surface area contributed by atoms with Crippen molar-refractivity contribution in [3.63, 3.8) is 0 Å². The van der Waals surface area contributed by atoms with Crippen LogP contribution in [0.1, 0.15) is 0 Å². The van der Waals surface area contributed by atoms with Crippen molar-refractivity contribution in [1.29, 1.82) is 0 Å². The lowest BCUT2D eigenvalue weighted by atomic mass is 10.2. The van der Waals surface area contributed by atoms with Crippen LogP contribution >= 0.6 is 11.6 Å². The SMILES string of the molecule is O=C(Nc1n[nH]c2ccccc12)N1CCN(c2ccc(F)c(Cl)c2)CC1. The minimum atomic E-state index is -0.431. The number of fused-ring (bicyclic) bond motifs is 1. The molecule has 2 N–H and O–H groups in total. The highest BCUT2D eigenvalue weighted by Gasteiger charge is 2.22. The molecule has 26 heavy (non-hydrogen) atoms. The van der Waals surface area contributed by atoms with Gasteiger partial charge in [-0.25, -0.2) is 9.18 Å². The minimum Gasteiger partial charge on any atom is -0.368 e. The molecular formula is C18H17ClFN5O. The third kappa shape index (κ3) is 3.17. The first-order valence-corrected chi connectivity index (χ1v) is 8.68. The summed E-state index contributed by atoms with van der Waals surface area (Å²) < 4.78 is 13.3. The quantitative estimate of drug-likeness (QED) is 0.719. The average Bonchev–Trinajstić information content (AvgIpc) is 3.07. The molecule has 0 aliphatic carbocycles. The zero-order chi connectivity index (χ0) is 18.1. The number of nitrogens with one attached hydrogen (secondary N) is 2. The number of aromatic nitrogens is 2. The Hall–Kier alpha value is -2.80. The van der Waals surface area contributed by atoms with Crippen LogP contribution in [0.2, 0.25) is 5.02 Å². The van der Waals surface area contributed by atoms with E-state index in [0.717, 1.165) is 16.6 Å². The van der Waals surface area contributed by atoms with Crippen molar-refractivity contribution in [3.05, 3.63) is 53.3 Å². The molecule has 0 unspecified atom stereocenters. The van der Waals surface area contributed by atoms with Crippen LogP contribution in [-0.2, 0) is 0 Å². The Bertz CT molecular complexity index is 952. The van der Waals surface area contributed by atoms with Crippen LogP contribution in [0.3, 0.4) is 0 Å². The summed E-state index contributed by atoms with van der Waals surface area (Å²) in [5, 5.41) is 10.9. The van der Waals surface area contributed by atoms with E-state index in [4.69, 9.17) is 11.6 Å². The standard InChI is InChI=1S/C18H17ClFN5O/c19-14-11-12(5-6-15(14)20)24-7-9-25(10-8-24)18(26)21-17-13-3-1-2-4-16(13)22-23-17/h1-6,11H,7-10H2,(H2,21,22,23,26). The highest BCUT2D eigenvalue weighted by atomic mass is 35.5. The fraction of sp³-hybridized carbons (Fsp3) is 0.222. The summed E-state index contributed by atoms with van der Waals surface area (Å²) in [5.74, 6) is 0.0954. The van der Waals surface area contributed by atoms with E-state index in [1.165, 1.54) is 6.07 Å². The van der Waals surface area contributed by atoms with Gasteiger partial charge < -0.3 is 9.80 Å². The van der Waals surface area contributed by atoms with E-state index in [9.17, 15) is 9.18 Å². The van der Waals surface area contributed by atoms with Crippen molar-refractivity contribution in [3.8, 4) is 0 Å². The topological polar surface area (TPSA) is 64.3 Å². The molecule has 1 saturated heterocycles. The lowest BCUT2D eigenvalue weighted by molar-refractivity contribution is 0.208. The van der Waals surface area contributed by atoms with Crippen LogP contribution in [0.4, 0.5) is 20.7 Å². The predicted molar refractivity (Wildman–Crippen MR) is 100 cm³/mol. The zero-order valence-corrected chi connectivity index (χ0v) is 14.6. The van der Waals surface area contributed by atoms with E-state index in [0.29, 0.717) is 32.0 Å². The van der Waals surface area contributed by atoms with Crippen LogP contribution in [0.5, 0.6) is 0 Å². The second-order valence-electron chi connectivity index (χ2n) is 6.12. The molecular weight excluding hydrogens is 357 g/mol. The lowest BCUT2D eigenvalue weighted by Crippen LogP contribution is -2.50. The number of urea groups is 1. The molecule has 3 aromatic rings. The summed E-state index contributed by atoms with van der Waals surface area (Å²) in [6, 6.07) is 12.1. The molecule has 1 fully saturated rings. The number of nitrogens with zero attached hydrogens (tertiary/aromatic N) is 3. The lowest BCUT2D eigenvalue weighted by Gasteiger charge is -2.36. The molecule has 1 aromatic heterocycles. The van der Waals surface area contributed by atoms with E-state index < -0.39 is 5.82 Å². The van der Waals surface area contributed by atoms with Crippen molar-refractivity contribution >= 4 is 40.0 Å². The van der Waals surface area contributed by atoms with Gasteiger partial charge in [-0.2, -0.15) is 5.10 Å². The molecule has 8 heteroatoms. The number of carbonyl (C=O) groups is 1. The molecule has 0 bridgehead atoms. The van der Waals surface area contributed by atoms with Gasteiger partial charge >= 0.3 is 6.03 Å². The molecule has 2 heterocycles. The molecule has 0 spiro atoms. The van der Waals surface area contributed by atoms with Gasteiger partial charge in [-0.15, -0.1) is 0 Å². The van der Waals surface area contributed by atoms with Crippen molar-refractivity contribution in [2.45, 2.75) is 0 Å². The maximum absolute atomic E-state index is 13.3. The molecule has 6 nitrogen and oxygen atoms in total. The van der Waals surface area contributed by atoms with Crippen LogP contribution in [0, 0.1) is 5.82 Å². The first-order chi connectivity index (χ1) is 12.6. The molecule has 2 aromatic carbocycles. The summed E-state index contributed by atoms with van der Waals surface area (Å²) >= 11 is 5.85. The van der Waals surface area contributed by atoms with Crippen LogP contribution in [-0.4, -0.2) is 47.3 Å².